The molecule has 1 aromatic heterocycles. The van der Waals surface area contributed by atoms with Crippen LogP contribution in [0.2, 0.25) is 0 Å². The molecule has 1 aromatic carbocycles. The lowest BCUT2D eigenvalue weighted by Gasteiger charge is -2.34. The quantitative estimate of drug-likeness (QED) is 0.562. The molecule has 1 N–H and O–H groups in total. The molecule has 1 spiro atoms. The number of carbonyl (C=O) groups is 3. The van der Waals surface area contributed by atoms with E-state index in [1.165, 1.54) is 0 Å². The summed E-state index contributed by atoms with van der Waals surface area (Å²) in [5.74, 6) is -3.17. The zero-order valence-corrected chi connectivity index (χ0v) is 18.2. The molecule has 2 aromatic rings. The number of urea groups is 1. The molecule has 1 saturated carbocycles. The second kappa shape index (κ2) is 7.72. The van der Waals surface area contributed by atoms with E-state index in [1.807, 2.05) is 31.2 Å². The zero-order valence-electron chi connectivity index (χ0n) is 18.2. The summed E-state index contributed by atoms with van der Waals surface area (Å²) in [7, 11) is 3.32. The van der Waals surface area contributed by atoms with Crippen molar-refractivity contribution in [1.29, 1.82) is 0 Å². The number of rotatable bonds is 5. The summed E-state index contributed by atoms with van der Waals surface area (Å²) in [6.07, 6.45) is -1.22. The van der Waals surface area contributed by atoms with Gasteiger partial charge in [0.05, 0.1) is 25.0 Å². The lowest BCUT2D eigenvalue weighted by molar-refractivity contribution is -0.135. The molecular weight excluding hydrogens is 420 g/mol. The smallest absolute Gasteiger partial charge is 0.325 e. The van der Waals surface area contributed by atoms with Crippen LogP contribution in [-0.2, 0) is 11.8 Å². The molecule has 0 bridgehead atoms. The van der Waals surface area contributed by atoms with Gasteiger partial charge in [-0.05, 0) is 43.5 Å². The third kappa shape index (κ3) is 3.65. The number of amides is 3. The van der Waals surface area contributed by atoms with Crippen LogP contribution >= 0.6 is 0 Å². The molecular formula is C23H25F2N3O4. The number of hydrogen-bond donors (Lipinski definition) is 1. The van der Waals surface area contributed by atoms with Crippen molar-refractivity contribution in [3.8, 4) is 17.0 Å². The number of nitrogens with one attached hydrogen (secondary N) is 1. The topological polar surface area (TPSA) is 80.6 Å². The molecule has 0 atom stereocenters. The Morgan fingerprint density at radius 1 is 1.16 bits per heavy atom. The molecule has 3 amide bonds. The molecule has 2 heterocycles. The molecule has 1 saturated heterocycles. The van der Waals surface area contributed by atoms with Crippen LogP contribution in [0.5, 0.6) is 5.75 Å². The summed E-state index contributed by atoms with van der Waals surface area (Å²) in [5, 5.41) is 2.56. The number of ketones is 1. The molecule has 9 heteroatoms. The summed E-state index contributed by atoms with van der Waals surface area (Å²) in [6.45, 7) is 1.42. The Balaban J connectivity index is 1.56. The monoisotopic (exact) mass is 445 g/mol. The van der Waals surface area contributed by atoms with Crippen LogP contribution < -0.4 is 10.1 Å². The number of nitrogens with zero attached hydrogens (tertiary/aromatic N) is 2. The normalized spacial score (nSPS) is 19.3. The van der Waals surface area contributed by atoms with Gasteiger partial charge in [0, 0.05) is 25.5 Å². The number of alkyl halides is 2. The summed E-state index contributed by atoms with van der Waals surface area (Å²) in [4.78, 5) is 39.3. The maximum atomic E-state index is 13.6. The van der Waals surface area contributed by atoms with Crippen molar-refractivity contribution in [2.45, 2.75) is 44.1 Å². The maximum Gasteiger partial charge on any atom is 0.325 e. The zero-order chi connectivity index (χ0) is 23.3. The molecule has 4 rings (SSSR count). The van der Waals surface area contributed by atoms with E-state index < -0.39 is 48.6 Å². The highest BCUT2D eigenvalue weighted by Crippen LogP contribution is 2.41. The number of methoxy groups -OCH3 is 1. The number of benzene rings is 1. The van der Waals surface area contributed by atoms with Crippen LogP contribution in [0.3, 0.4) is 0 Å². The number of aryl methyl sites for hydroxylation is 1. The lowest BCUT2D eigenvalue weighted by atomic mass is 9.80. The SMILES string of the molecule is COc1cccc(-c2c(C)cc(C(=O)CN3C(=O)NC4(CCC(F)(F)CC4)C3=O)n2C)c1. The first-order chi connectivity index (χ1) is 15.1. The van der Waals surface area contributed by atoms with E-state index in [1.54, 1.807) is 24.8 Å². The van der Waals surface area contributed by atoms with E-state index in [-0.39, 0.29) is 12.8 Å². The van der Waals surface area contributed by atoms with Crippen LogP contribution in [0, 0.1) is 6.92 Å². The van der Waals surface area contributed by atoms with Gasteiger partial charge < -0.3 is 14.6 Å². The number of ether oxygens (including phenoxy) is 1. The highest BCUT2D eigenvalue weighted by atomic mass is 19.3. The molecule has 32 heavy (non-hydrogen) atoms. The van der Waals surface area contributed by atoms with Crippen LogP contribution in [-0.4, -0.2) is 52.3 Å². The van der Waals surface area contributed by atoms with Gasteiger partial charge in [0.2, 0.25) is 5.92 Å². The molecule has 2 aliphatic rings. The average Bonchev–Trinajstić information content (AvgIpc) is 3.18. The number of imide groups is 1. The van der Waals surface area contributed by atoms with Gasteiger partial charge in [-0.25, -0.2) is 13.6 Å². The van der Waals surface area contributed by atoms with Gasteiger partial charge in [0.1, 0.15) is 11.3 Å². The van der Waals surface area contributed by atoms with E-state index in [0.717, 1.165) is 21.7 Å². The average molecular weight is 445 g/mol. The van der Waals surface area contributed by atoms with Gasteiger partial charge in [0.25, 0.3) is 5.91 Å². The van der Waals surface area contributed by atoms with E-state index in [0.29, 0.717) is 11.4 Å². The van der Waals surface area contributed by atoms with E-state index in [9.17, 15) is 23.2 Å². The minimum Gasteiger partial charge on any atom is -0.497 e. The Morgan fingerprint density at radius 2 is 1.84 bits per heavy atom. The predicted octanol–water partition coefficient (Wildman–Crippen LogP) is 3.69. The Morgan fingerprint density at radius 3 is 2.50 bits per heavy atom. The largest absolute Gasteiger partial charge is 0.497 e. The predicted molar refractivity (Wildman–Crippen MR) is 113 cm³/mol. The Kier molecular flexibility index (Phi) is 5.30. The van der Waals surface area contributed by atoms with E-state index in [4.69, 9.17) is 4.74 Å². The van der Waals surface area contributed by atoms with Gasteiger partial charge in [-0.1, -0.05) is 12.1 Å². The number of hydrogen-bond acceptors (Lipinski definition) is 4. The van der Waals surface area contributed by atoms with Crippen LogP contribution in [0.15, 0.2) is 30.3 Å². The van der Waals surface area contributed by atoms with Crippen molar-refractivity contribution in [2.24, 2.45) is 7.05 Å². The van der Waals surface area contributed by atoms with Crippen molar-refractivity contribution in [3.05, 3.63) is 41.6 Å². The molecule has 0 radical (unpaired) electrons. The van der Waals surface area contributed by atoms with Crippen LogP contribution in [0.25, 0.3) is 11.3 Å². The molecule has 7 nitrogen and oxygen atoms in total. The van der Waals surface area contributed by atoms with Crippen molar-refractivity contribution in [3.63, 3.8) is 0 Å². The van der Waals surface area contributed by atoms with Gasteiger partial charge in [-0.2, -0.15) is 0 Å². The van der Waals surface area contributed by atoms with Gasteiger partial charge in [0.15, 0.2) is 5.78 Å². The fourth-order valence-corrected chi connectivity index (χ4v) is 4.64. The van der Waals surface area contributed by atoms with Gasteiger partial charge >= 0.3 is 6.03 Å². The van der Waals surface area contributed by atoms with Crippen molar-refractivity contribution < 1.29 is 27.9 Å². The fraction of sp³-hybridized carbons (Fsp3) is 0.435. The molecule has 0 unspecified atom stereocenters. The van der Waals surface area contributed by atoms with Gasteiger partial charge in [-0.3, -0.25) is 14.5 Å². The minimum atomic E-state index is -2.84. The summed E-state index contributed by atoms with van der Waals surface area (Å²) in [6, 6.07) is 8.43. The number of halogens is 2. The van der Waals surface area contributed by atoms with Crippen LogP contribution in [0.4, 0.5) is 13.6 Å². The van der Waals surface area contributed by atoms with Crippen LogP contribution in [0.1, 0.15) is 41.7 Å². The standard InChI is InChI=1S/C23H25F2N3O4/c1-14-11-17(27(2)19(14)15-5-4-6-16(12-15)32-3)18(29)13-28-20(30)22(26-21(28)31)7-9-23(24,25)10-8-22/h4-6,11-12H,7-10,13H2,1-3H3,(H,26,31). The lowest BCUT2D eigenvalue weighted by Crippen LogP contribution is -2.51. The first-order valence-electron chi connectivity index (χ1n) is 10.4. The Hall–Kier alpha value is -3.23. The van der Waals surface area contributed by atoms with Crippen molar-refractivity contribution in [2.75, 3.05) is 13.7 Å². The van der Waals surface area contributed by atoms with E-state index >= 15 is 0 Å². The summed E-state index contributed by atoms with van der Waals surface area (Å²) < 4.78 is 34.1. The minimum absolute atomic E-state index is 0.140. The second-order valence-corrected chi connectivity index (χ2v) is 8.53. The Bertz CT molecular complexity index is 1100. The summed E-state index contributed by atoms with van der Waals surface area (Å²) in [5.41, 5.74) is 1.54. The molecule has 170 valence electrons. The van der Waals surface area contributed by atoms with Gasteiger partial charge in [-0.15, -0.1) is 0 Å². The first kappa shape index (κ1) is 22.0. The molecule has 1 aliphatic heterocycles. The third-order valence-corrected chi connectivity index (χ3v) is 6.44. The van der Waals surface area contributed by atoms with Crippen molar-refractivity contribution in [1.82, 2.24) is 14.8 Å². The maximum absolute atomic E-state index is 13.6. The fourth-order valence-electron chi connectivity index (χ4n) is 4.64. The molecule has 1 aliphatic carbocycles. The first-order valence-corrected chi connectivity index (χ1v) is 10.4. The highest BCUT2D eigenvalue weighted by Gasteiger charge is 2.55. The molecule has 2 fully saturated rings. The Labute approximate surface area is 184 Å². The van der Waals surface area contributed by atoms with Crippen molar-refractivity contribution >= 4 is 17.7 Å². The second-order valence-electron chi connectivity index (χ2n) is 8.53. The number of carbonyl (C=O) groups excluding carboxylic acids is 3. The number of Topliss-reactive ketones (excluding diaryl/α,β-unsaturated/α-hetero) is 1. The highest BCUT2D eigenvalue weighted by molar-refractivity contribution is 6.11. The number of aromatic nitrogens is 1. The third-order valence-electron chi connectivity index (χ3n) is 6.44. The van der Waals surface area contributed by atoms with E-state index in [2.05, 4.69) is 5.32 Å². The summed E-state index contributed by atoms with van der Waals surface area (Å²) >= 11 is 0.